The van der Waals surface area contributed by atoms with Crippen molar-refractivity contribution in [3.05, 3.63) is 42.5 Å². The Balaban J connectivity index is 1.57. The first kappa shape index (κ1) is 14.8. The molecule has 126 valence electrons. The van der Waals surface area contributed by atoms with Crippen LogP contribution in [0.25, 0.3) is 37.3 Å². The smallest absolute Gasteiger partial charge is 0.151 e. The summed E-state index contributed by atoms with van der Waals surface area (Å²) in [6.45, 7) is 1.87. The molecule has 0 fully saturated rings. The molecule has 3 aromatic heterocycles. The van der Waals surface area contributed by atoms with Gasteiger partial charge in [0.05, 0.1) is 0 Å². The Hall–Kier alpha value is -2.51. The average molecular weight is 353 g/mol. The molecule has 7 heteroatoms. The lowest BCUT2D eigenvalue weighted by atomic mass is 10.1. The van der Waals surface area contributed by atoms with Gasteiger partial charge >= 0.3 is 0 Å². The number of rotatable bonds is 2. The van der Waals surface area contributed by atoms with Gasteiger partial charge in [0.15, 0.2) is 5.82 Å². The Morgan fingerprint density at radius 2 is 2.08 bits per heavy atom. The van der Waals surface area contributed by atoms with Gasteiger partial charge < -0.3 is 5.32 Å². The van der Waals surface area contributed by atoms with Crippen molar-refractivity contribution >= 4 is 38.2 Å². The van der Waals surface area contributed by atoms with Gasteiger partial charge in [-0.15, -0.1) is 11.3 Å². The average Bonchev–Trinajstić information content (AvgIpc) is 3.27. The van der Waals surface area contributed by atoms with E-state index in [0.29, 0.717) is 5.52 Å². The summed E-state index contributed by atoms with van der Waals surface area (Å²) < 4.78 is 17.9. The number of benzene rings is 1. The first-order chi connectivity index (χ1) is 12.2. The molecule has 1 aliphatic heterocycles. The molecule has 0 aliphatic carbocycles. The summed E-state index contributed by atoms with van der Waals surface area (Å²) in [5.41, 5.74) is 2.51. The summed E-state index contributed by atoms with van der Waals surface area (Å²) >= 11 is 1.59. The maximum atomic E-state index is 14.3. The van der Waals surface area contributed by atoms with E-state index in [1.165, 1.54) is 5.70 Å². The molecule has 0 unspecified atom stereocenters. The largest absolute Gasteiger partial charge is 0.313 e. The molecule has 1 N–H and O–H groups in total. The number of thiophene rings is 1. The highest BCUT2D eigenvalue weighted by molar-refractivity contribution is 7.21. The molecular weight excluding hydrogens is 337 g/mol. The highest BCUT2D eigenvalue weighted by Gasteiger charge is 2.14. The Kier molecular flexibility index (Phi) is 3.26. The van der Waals surface area contributed by atoms with Crippen molar-refractivity contribution in [3.8, 4) is 10.4 Å². The third kappa shape index (κ3) is 2.47. The van der Waals surface area contributed by atoms with Crippen LogP contribution in [0.4, 0.5) is 4.39 Å². The van der Waals surface area contributed by atoms with Gasteiger partial charge in [-0.1, -0.05) is 0 Å². The van der Waals surface area contributed by atoms with Crippen molar-refractivity contribution in [2.45, 2.75) is 6.42 Å². The van der Waals surface area contributed by atoms with Gasteiger partial charge in [0.1, 0.15) is 10.3 Å². The molecule has 0 saturated carbocycles. The van der Waals surface area contributed by atoms with E-state index < -0.39 is 0 Å². The number of hydrogen-bond donors (Lipinski definition) is 1. The minimum atomic E-state index is -0.288. The first-order valence-corrected chi connectivity index (χ1v) is 9.02. The minimum absolute atomic E-state index is 0.288. The van der Waals surface area contributed by atoms with E-state index in [0.717, 1.165) is 45.6 Å². The maximum Gasteiger partial charge on any atom is 0.151 e. The van der Waals surface area contributed by atoms with Gasteiger partial charge in [-0.25, -0.2) is 9.07 Å². The van der Waals surface area contributed by atoms with Crippen molar-refractivity contribution in [3.63, 3.8) is 0 Å². The van der Waals surface area contributed by atoms with Crippen molar-refractivity contribution in [2.75, 3.05) is 13.1 Å². The summed E-state index contributed by atoms with van der Waals surface area (Å²) in [6.07, 6.45) is 7.05. The lowest BCUT2D eigenvalue weighted by Gasteiger charge is -2.13. The molecule has 4 aromatic rings. The second kappa shape index (κ2) is 5.50. The number of fused-ring (bicyclic) bond motifs is 2. The zero-order valence-corrected chi connectivity index (χ0v) is 14.5. The van der Waals surface area contributed by atoms with Gasteiger partial charge in [-0.3, -0.25) is 4.68 Å². The number of aryl methyl sites for hydroxylation is 1. The molecule has 0 spiro atoms. The standard InChI is InChI=1S/C18H16FN5S/c1-23-9-12-6-11(7-15(19)17(12)21-23)16-8-13-10-24(22-18(13)25-16)14-2-4-20-5-3-14/h2,6-10,20H,3-5H2,1H3. The fourth-order valence-corrected chi connectivity index (χ4v) is 4.28. The third-order valence-corrected chi connectivity index (χ3v) is 5.58. The van der Waals surface area contributed by atoms with Crippen molar-refractivity contribution in [2.24, 2.45) is 7.05 Å². The van der Waals surface area contributed by atoms with Crippen LogP contribution >= 0.6 is 11.3 Å². The van der Waals surface area contributed by atoms with Crippen LogP contribution < -0.4 is 5.32 Å². The Morgan fingerprint density at radius 3 is 2.88 bits per heavy atom. The molecule has 0 amide bonds. The molecule has 5 nitrogen and oxygen atoms in total. The van der Waals surface area contributed by atoms with Crippen LogP contribution in [-0.2, 0) is 7.05 Å². The predicted molar refractivity (Wildman–Crippen MR) is 99.0 cm³/mol. The summed E-state index contributed by atoms with van der Waals surface area (Å²) in [6, 6.07) is 5.63. The topological polar surface area (TPSA) is 47.7 Å². The number of aromatic nitrogens is 4. The molecule has 25 heavy (non-hydrogen) atoms. The molecule has 0 saturated heterocycles. The second-order valence-corrected chi connectivity index (χ2v) is 7.32. The van der Waals surface area contributed by atoms with Crippen LogP contribution in [0, 0.1) is 5.82 Å². The molecule has 1 aliphatic rings. The van der Waals surface area contributed by atoms with E-state index in [4.69, 9.17) is 5.10 Å². The van der Waals surface area contributed by atoms with Crippen LogP contribution in [0.15, 0.2) is 36.7 Å². The molecule has 1 aromatic carbocycles. The fraction of sp³-hybridized carbons (Fsp3) is 0.222. The van der Waals surface area contributed by atoms with E-state index in [9.17, 15) is 4.39 Å². The zero-order chi connectivity index (χ0) is 17.0. The quantitative estimate of drug-likeness (QED) is 0.599. The van der Waals surface area contributed by atoms with E-state index >= 15 is 0 Å². The highest BCUT2D eigenvalue weighted by Crippen LogP contribution is 2.35. The SMILES string of the molecule is Cn1cc2cc(-c3cc4cn(C5=CCNCC5)nc4s3)cc(F)c2n1. The molecule has 0 radical (unpaired) electrons. The van der Waals surface area contributed by atoms with Crippen LogP contribution in [-0.4, -0.2) is 32.7 Å². The highest BCUT2D eigenvalue weighted by atomic mass is 32.1. The van der Waals surface area contributed by atoms with E-state index in [-0.39, 0.29) is 5.82 Å². The predicted octanol–water partition coefficient (Wildman–Crippen LogP) is 3.62. The van der Waals surface area contributed by atoms with Crippen LogP contribution in [0.5, 0.6) is 0 Å². The maximum absolute atomic E-state index is 14.3. The summed E-state index contributed by atoms with van der Waals surface area (Å²) in [7, 11) is 1.80. The zero-order valence-electron chi connectivity index (χ0n) is 13.7. The van der Waals surface area contributed by atoms with Crippen molar-refractivity contribution < 1.29 is 4.39 Å². The molecule has 0 bridgehead atoms. The number of hydrogen-bond acceptors (Lipinski definition) is 4. The molecule has 5 rings (SSSR count). The van der Waals surface area contributed by atoms with Crippen LogP contribution in [0.3, 0.4) is 0 Å². The van der Waals surface area contributed by atoms with Gasteiger partial charge in [0.25, 0.3) is 0 Å². The summed E-state index contributed by atoms with van der Waals surface area (Å²) in [5.74, 6) is -0.288. The number of halogens is 1. The van der Waals surface area contributed by atoms with Gasteiger partial charge in [-0.2, -0.15) is 10.2 Å². The van der Waals surface area contributed by atoms with E-state index in [2.05, 4.69) is 28.8 Å². The molecule has 0 atom stereocenters. The normalized spacial score (nSPS) is 15.2. The van der Waals surface area contributed by atoms with Crippen LogP contribution in [0.2, 0.25) is 0 Å². The van der Waals surface area contributed by atoms with E-state index in [1.54, 1.807) is 29.1 Å². The van der Waals surface area contributed by atoms with Crippen molar-refractivity contribution in [1.29, 1.82) is 0 Å². The van der Waals surface area contributed by atoms with Crippen LogP contribution in [0.1, 0.15) is 6.42 Å². The number of nitrogens with one attached hydrogen (secondary N) is 1. The number of nitrogens with zero attached hydrogens (tertiary/aromatic N) is 4. The first-order valence-electron chi connectivity index (χ1n) is 8.20. The lowest BCUT2D eigenvalue weighted by molar-refractivity contribution is 0.633. The third-order valence-electron chi connectivity index (χ3n) is 4.50. The Morgan fingerprint density at radius 1 is 1.16 bits per heavy atom. The lowest BCUT2D eigenvalue weighted by Crippen LogP contribution is -2.22. The minimum Gasteiger partial charge on any atom is -0.313 e. The van der Waals surface area contributed by atoms with Gasteiger partial charge in [-0.05, 0) is 29.8 Å². The Labute approximate surface area is 147 Å². The van der Waals surface area contributed by atoms with Gasteiger partial charge in [0.2, 0.25) is 0 Å². The van der Waals surface area contributed by atoms with E-state index in [1.807, 2.05) is 16.9 Å². The summed E-state index contributed by atoms with van der Waals surface area (Å²) in [4.78, 5) is 2.00. The second-order valence-electron chi connectivity index (χ2n) is 6.29. The Bertz CT molecular complexity index is 1100. The van der Waals surface area contributed by atoms with Crippen molar-refractivity contribution in [1.82, 2.24) is 24.9 Å². The summed E-state index contributed by atoms with van der Waals surface area (Å²) in [5, 5.41) is 14.1. The monoisotopic (exact) mass is 353 g/mol. The fourth-order valence-electron chi connectivity index (χ4n) is 3.29. The molecule has 4 heterocycles. The van der Waals surface area contributed by atoms with Gasteiger partial charge in [0, 0.05) is 60.3 Å². The molecular formula is C18H16FN5S.